The van der Waals surface area contributed by atoms with E-state index in [1.807, 2.05) is 0 Å². The summed E-state index contributed by atoms with van der Waals surface area (Å²) in [7, 11) is 0. The highest BCUT2D eigenvalue weighted by molar-refractivity contribution is 6.05. The van der Waals surface area contributed by atoms with Gasteiger partial charge in [-0.1, -0.05) is 0 Å². The normalized spacial score (nSPS) is 11.9. The van der Waals surface area contributed by atoms with E-state index in [0.29, 0.717) is 12.1 Å². The van der Waals surface area contributed by atoms with E-state index in [-0.39, 0.29) is 17.6 Å². The Hall–Kier alpha value is -3.70. The van der Waals surface area contributed by atoms with E-state index < -0.39 is 46.3 Å². The third-order valence-corrected chi connectivity index (χ3v) is 3.82. The summed E-state index contributed by atoms with van der Waals surface area (Å²) >= 11 is 0. The molecule has 0 unspecified atom stereocenters. The average molecular weight is 427 g/mol. The number of halogens is 6. The van der Waals surface area contributed by atoms with Crippen LogP contribution in [0.25, 0.3) is 11.3 Å². The first-order chi connectivity index (χ1) is 13.9. The quantitative estimate of drug-likeness (QED) is 0.604. The SMILES string of the molecule is Nc1ncc(-c2cc(C(F)(F)F)cc(C(F)(F)F)c2)nc1C(=O)Nc1cccnc1. The molecule has 0 bridgehead atoms. The summed E-state index contributed by atoms with van der Waals surface area (Å²) in [6, 6.07) is 3.99. The van der Waals surface area contributed by atoms with Gasteiger partial charge in [0.2, 0.25) is 0 Å². The Morgan fingerprint density at radius 3 is 2.13 bits per heavy atom. The highest BCUT2D eigenvalue weighted by Gasteiger charge is 2.37. The predicted molar refractivity (Wildman–Crippen MR) is 94.1 cm³/mol. The van der Waals surface area contributed by atoms with Gasteiger partial charge in [0.25, 0.3) is 5.91 Å². The van der Waals surface area contributed by atoms with E-state index in [1.54, 1.807) is 0 Å². The first-order valence-corrected chi connectivity index (χ1v) is 8.09. The Balaban J connectivity index is 2.06. The Morgan fingerprint density at radius 1 is 0.967 bits per heavy atom. The van der Waals surface area contributed by atoms with Crippen LogP contribution in [0.4, 0.5) is 37.8 Å². The minimum Gasteiger partial charge on any atom is -0.382 e. The van der Waals surface area contributed by atoms with Crippen LogP contribution in [0.15, 0.2) is 48.9 Å². The van der Waals surface area contributed by atoms with Crippen molar-refractivity contribution in [3.05, 3.63) is 65.7 Å². The molecule has 6 nitrogen and oxygen atoms in total. The lowest BCUT2D eigenvalue weighted by Gasteiger charge is -2.14. The number of nitrogens with two attached hydrogens (primary N) is 1. The van der Waals surface area contributed by atoms with Crippen LogP contribution in [0.1, 0.15) is 21.6 Å². The summed E-state index contributed by atoms with van der Waals surface area (Å²) in [4.78, 5) is 23.7. The minimum absolute atomic E-state index is 0.00967. The number of amides is 1. The van der Waals surface area contributed by atoms with E-state index in [2.05, 4.69) is 20.3 Å². The van der Waals surface area contributed by atoms with Gasteiger partial charge in [-0.25, -0.2) is 9.97 Å². The van der Waals surface area contributed by atoms with Crippen molar-refractivity contribution >= 4 is 17.4 Å². The fraction of sp³-hybridized carbons (Fsp3) is 0.111. The van der Waals surface area contributed by atoms with E-state index in [0.717, 1.165) is 6.20 Å². The van der Waals surface area contributed by atoms with Crippen LogP contribution in [-0.4, -0.2) is 20.9 Å². The van der Waals surface area contributed by atoms with Crippen molar-refractivity contribution in [2.45, 2.75) is 12.4 Å². The van der Waals surface area contributed by atoms with Gasteiger partial charge in [0.05, 0.1) is 34.9 Å². The van der Waals surface area contributed by atoms with Gasteiger partial charge in [-0.3, -0.25) is 9.78 Å². The van der Waals surface area contributed by atoms with Crippen LogP contribution in [0.2, 0.25) is 0 Å². The summed E-state index contributed by atoms with van der Waals surface area (Å²) in [6.45, 7) is 0. The zero-order valence-electron chi connectivity index (χ0n) is 14.7. The maximum atomic E-state index is 13.1. The number of hydrogen-bond donors (Lipinski definition) is 2. The Bertz CT molecular complexity index is 1050. The minimum atomic E-state index is -5.03. The van der Waals surface area contributed by atoms with Crippen molar-refractivity contribution in [2.24, 2.45) is 0 Å². The van der Waals surface area contributed by atoms with Crippen molar-refractivity contribution in [2.75, 3.05) is 11.1 Å². The van der Waals surface area contributed by atoms with Gasteiger partial charge >= 0.3 is 12.4 Å². The standard InChI is InChI=1S/C18H11F6N5O/c19-17(20,21)10-4-9(5-11(6-10)18(22,23)24)13-8-27-15(25)14(29-13)16(30)28-12-2-1-3-26-7-12/h1-8H,(H2,25,27)(H,28,30). The molecule has 0 aliphatic carbocycles. The number of anilines is 2. The second kappa shape index (κ2) is 7.61. The molecule has 0 saturated heterocycles. The Kier molecular flexibility index (Phi) is 5.33. The molecule has 30 heavy (non-hydrogen) atoms. The van der Waals surface area contributed by atoms with E-state index >= 15 is 0 Å². The van der Waals surface area contributed by atoms with Crippen molar-refractivity contribution in [1.29, 1.82) is 0 Å². The summed E-state index contributed by atoms with van der Waals surface area (Å²) in [6.07, 6.45) is -6.41. The fourth-order valence-electron chi connectivity index (χ4n) is 2.43. The number of aromatic nitrogens is 3. The Morgan fingerprint density at radius 2 is 1.60 bits per heavy atom. The van der Waals surface area contributed by atoms with Crippen molar-refractivity contribution in [3.63, 3.8) is 0 Å². The number of nitrogens with one attached hydrogen (secondary N) is 1. The van der Waals surface area contributed by atoms with Crippen LogP contribution in [0.3, 0.4) is 0 Å². The van der Waals surface area contributed by atoms with E-state index in [9.17, 15) is 31.1 Å². The molecule has 3 N–H and O–H groups in total. The second-order valence-electron chi connectivity index (χ2n) is 5.98. The Labute approximate surface area is 164 Å². The van der Waals surface area contributed by atoms with Gasteiger partial charge in [0.1, 0.15) is 0 Å². The molecule has 0 atom stereocenters. The number of rotatable bonds is 3. The van der Waals surface area contributed by atoms with Crippen LogP contribution in [0.5, 0.6) is 0 Å². The summed E-state index contributed by atoms with van der Waals surface area (Å²) in [5.41, 5.74) is 1.45. The third-order valence-electron chi connectivity index (χ3n) is 3.82. The lowest BCUT2D eigenvalue weighted by Crippen LogP contribution is -2.17. The molecule has 12 heteroatoms. The zero-order chi connectivity index (χ0) is 22.1. The number of carbonyl (C=O) groups is 1. The molecule has 0 saturated carbocycles. The first-order valence-electron chi connectivity index (χ1n) is 8.09. The van der Waals surface area contributed by atoms with Gasteiger partial charge in [0, 0.05) is 11.8 Å². The smallest absolute Gasteiger partial charge is 0.382 e. The number of carbonyl (C=O) groups excluding carboxylic acids is 1. The molecule has 0 fully saturated rings. The number of benzene rings is 1. The molecule has 2 heterocycles. The molecule has 0 aliphatic heterocycles. The predicted octanol–water partition coefficient (Wildman–Crippen LogP) is 4.41. The molecule has 0 radical (unpaired) electrons. The molecule has 2 aromatic heterocycles. The molecule has 1 aromatic carbocycles. The molecule has 3 rings (SSSR count). The fourth-order valence-corrected chi connectivity index (χ4v) is 2.43. The van der Waals surface area contributed by atoms with Crippen LogP contribution in [-0.2, 0) is 12.4 Å². The lowest BCUT2D eigenvalue weighted by molar-refractivity contribution is -0.143. The second-order valence-corrected chi connectivity index (χ2v) is 5.98. The molecule has 3 aromatic rings. The number of nitrogens with zero attached hydrogens (tertiary/aromatic N) is 3. The largest absolute Gasteiger partial charge is 0.416 e. The number of hydrogen-bond acceptors (Lipinski definition) is 5. The number of alkyl halides is 6. The molecular weight excluding hydrogens is 416 g/mol. The van der Waals surface area contributed by atoms with Crippen molar-refractivity contribution in [1.82, 2.24) is 15.0 Å². The van der Waals surface area contributed by atoms with Gasteiger partial charge in [0.15, 0.2) is 11.5 Å². The van der Waals surface area contributed by atoms with Gasteiger partial charge in [-0.05, 0) is 30.3 Å². The van der Waals surface area contributed by atoms with Crippen LogP contribution >= 0.6 is 0 Å². The average Bonchev–Trinajstić information content (AvgIpc) is 2.67. The topological polar surface area (TPSA) is 93.8 Å². The molecular formula is C18H11F6N5O. The number of pyridine rings is 1. The lowest BCUT2D eigenvalue weighted by atomic mass is 10.0. The van der Waals surface area contributed by atoms with E-state index in [4.69, 9.17) is 5.73 Å². The zero-order valence-corrected chi connectivity index (χ0v) is 14.7. The first kappa shape index (κ1) is 21.0. The highest BCUT2D eigenvalue weighted by atomic mass is 19.4. The van der Waals surface area contributed by atoms with E-state index in [1.165, 1.54) is 24.5 Å². The maximum Gasteiger partial charge on any atom is 0.416 e. The van der Waals surface area contributed by atoms with Gasteiger partial charge in [-0.15, -0.1) is 0 Å². The maximum absolute atomic E-state index is 13.1. The summed E-state index contributed by atoms with van der Waals surface area (Å²) < 4.78 is 78.4. The molecule has 0 spiro atoms. The molecule has 1 amide bonds. The van der Waals surface area contributed by atoms with Crippen molar-refractivity contribution < 1.29 is 31.1 Å². The molecule has 156 valence electrons. The van der Waals surface area contributed by atoms with Gasteiger partial charge < -0.3 is 11.1 Å². The van der Waals surface area contributed by atoms with Crippen LogP contribution < -0.4 is 11.1 Å². The van der Waals surface area contributed by atoms with Crippen LogP contribution in [0, 0.1) is 0 Å². The third kappa shape index (κ3) is 4.64. The summed E-state index contributed by atoms with van der Waals surface area (Å²) in [5, 5.41) is 2.41. The van der Waals surface area contributed by atoms with Gasteiger partial charge in [-0.2, -0.15) is 26.3 Å². The van der Waals surface area contributed by atoms with Crippen molar-refractivity contribution in [3.8, 4) is 11.3 Å². The monoisotopic (exact) mass is 427 g/mol. The highest BCUT2D eigenvalue weighted by Crippen LogP contribution is 2.38. The number of nitrogen functional groups attached to an aromatic ring is 1. The summed E-state index contributed by atoms with van der Waals surface area (Å²) in [5.74, 6) is -1.22. The molecule has 0 aliphatic rings.